The third-order valence-corrected chi connectivity index (χ3v) is 7.62. The van der Waals surface area contributed by atoms with Crippen molar-refractivity contribution in [3.05, 3.63) is 109 Å². The molecule has 0 amide bonds. The zero-order valence-corrected chi connectivity index (χ0v) is 23.4. The first kappa shape index (κ1) is 26.1. The Labute approximate surface area is 234 Å². The first-order valence-electron chi connectivity index (χ1n) is 12.1. The number of esters is 1. The van der Waals surface area contributed by atoms with Crippen LogP contribution < -0.4 is 14.8 Å². The van der Waals surface area contributed by atoms with Gasteiger partial charge < -0.3 is 19.5 Å². The van der Waals surface area contributed by atoms with E-state index in [-0.39, 0.29) is 19.0 Å². The number of methoxy groups -OCH3 is 1. The van der Waals surface area contributed by atoms with Crippen LogP contribution in [0.5, 0.6) is 11.5 Å². The van der Waals surface area contributed by atoms with Gasteiger partial charge in [0.15, 0.2) is 17.3 Å². The lowest BCUT2D eigenvalue weighted by molar-refractivity contribution is -0.138. The average molecular weight is 595 g/mol. The summed E-state index contributed by atoms with van der Waals surface area (Å²) in [7, 11) is 1.55. The fourth-order valence-electron chi connectivity index (χ4n) is 4.95. The second kappa shape index (κ2) is 10.7. The Kier molecular flexibility index (Phi) is 7.32. The predicted molar refractivity (Wildman–Crippen MR) is 149 cm³/mol. The first-order chi connectivity index (χ1) is 18.3. The molecule has 5 rings (SSSR count). The molecule has 0 saturated heterocycles. The molecular formula is C30H25BrClNO5. The van der Waals surface area contributed by atoms with Crippen molar-refractivity contribution in [2.45, 2.75) is 26.4 Å². The molecule has 3 aromatic rings. The molecule has 194 valence electrons. The number of hydrogen-bond donors (Lipinski definition) is 1. The van der Waals surface area contributed by atoms with E-state index in [4.69, 9.17) is 25.8 Å². The highest BCUT2D eigenvalue weighted by Gasteiger charge is 2.43. The molecule has 1 aliphatic heterocycles. The van der Waals surface area contributed by atoms with Gasteiger partial charge in [0, 0.05) is 38.9 Å². The summed E-state index contributed by atoms with van der Waals surface area (Å²) in [5.41, 5.74) is 5.14. The second-order valence-electron chi connectivity index (χ2n) is 8.89. The molecule has 3 aromatic carbocycles. The predicted octanol–water partition coefficient (Wildman–Crippen LogP) is 6.82. The lowest BCUT2D eigenvalue weighted by atomic mass is 9.79. The molecule has 0 spiro atoms. The number of fused-ring (bicyclic) bond motifs is 2. The summed E-state index contributed by atoms with van der Waals surface area (Å²) in [4.78, 5) is 26.9. The molecule has 6 nitrogen and oxygen atoms in total. The number of nitrogens with one attached hydrogen (secondary N) is 1. The molecule has 0 aromatic heterocycles. The highest BCUT2D eigenvalue weighted by Crippen LogP contribution is 2.49. The number of carbonyl (C=O) groups excluding carboxylic acids is 2. The Bertz CT molecular complexity index is 1530. The lowest BCUT2D eigenvalue weighted by Gasteiger charge is -2.30. The topological polar surface area (TPSA) is 73.9 Å². The fourth-order valence-corrected chi connectivity index (χ4v) is 5.72. The monoisotopic (exact) mass is 593 g/mol. The van der Waals surface area contributed by atoms with Crippen LogP contribution in [-0.2, 0) is 16.1 Å². The Hall–Kier alpha value is -3.55. The van der Waals surface area contributed by atoms with Crippen molar-refractivity contribution >= 4 is 45.0 Å². The third kappa shape index (κ3) is 4.50. The molecule has 38 heavy (non-hydrogen) atoms. The van der Waals surface area contributed by atoms with Gasteiger partial charge in [-0.1, -0.05) is 54.1 Å². The van der Waals surface area contributed by atoms with Gasteiger partial charge in [-0.15, -0.1) is 0 Å². The minimum atomic E-state index is -0.673. The summed E-state index contributed by atoms with van der Waals surface area (Å²) in [6.45, 7) is 4.02. The van der Waals surface area contributed by atoms with Crippen LogP contribution >= 0.6 is 27.5 Å². The number of benzene rings is 3. The average Bonchev–Trinajstić information content (AvgIpc) is 3.19. The number of ketones is 1. The van der Waals surface area contributed by atoms with Crippen LogP contribution in [0.15, 0.2) is 82.0 Å². The van der Waals surface area contributed by atoms with Crippen LogP contribution in [0.2, 0.25) is 5.02 Å². The summed E-state index contributed by atoms with van der Waals surface area (Å²) in [6, 6.07) is 18.5. The van der Waals surface area contributed by atoms with E-state index < -0.39 is 11.9 Å². The van der Waals surface area contributed by atoms with Crippen LogP contribution in [0.4, 0.5) is 0 Å². The van der Waals surface area contributed by atoms with Gasteiger partial charge in [-0.25, -0.2) is 4.79 Å². The Balaban J connectivity index is 1.61. The minimum Gasteiger partial charge on any atom is -0.493 e. The van der Waals surface area contributed by atoms with E-state index in [1.807, 2.05) is 49.4 Å². The number of allylic oxidation sites excluding steroid dienone is 2. The van der Waals surface area contributed by atoms with Gasteiger partial charge >= 0.3 is 5.97 Å². The molecule has 2 aliphatic rings. The molecule has 1 N–H and O–H groups in total. The van der Waals surface area contributed by atoms with Crippen LogP contribution in [0.1, 0.15) is 46.8 Å². The number of dihydropyridines is 1. The van der Waals surface area contributed by atoms with Crippen molar-refractivity contribution in [2.24, 2.45) is 0 Å². The standard InChI is InChI=1S/C30H25BrClNO5/c1-4-37-30(35)24-16(2)33-27-19-10-6-7-11-20(19)28(34)26(27)25(24)18-13-21(31)29(23(14-18)36-3)38-15-17-9-5-8-12-22(17)32/h5-14,25,33H,4,15H2,1-3H3/t25-/m1/s1. The van der Waals surface area contributed by atoms with E-state index in [0.29, 0.717) is 54.7 Å². The minimum absolute atomic E-state index is 0.128. The lowest BCUT2D eigenvalue weighted by Crippen LogP contribution is -2.29. The van der Waals surface area contributed by atoms with Gasteiger partial charge in [0.1, 0.15) is 6.61 Å². The van der Waals surface area contributed by atoms with E-state index in [9.17, 15) is 9.59 Å². The zero-order valence-electron chi connectivity index (χ0n) is 21.1. The maximum Gasteiger partial charge on any atom is 0.336 e. The van der Waals surface area contributed by atoms with Crippen molar-refractivity contribution < 1.29 is 23.8 Å². The Morgan fingerprint density at radius 3 is 2.50 bits per heavy atom. The molecule has 1 atom stereocenters. The quantitative estimate of drug-likeness (QED) is 0.303. The number of hydrogen-bond acceptors (Lipinski definition) is 6. The summed E-state index contributed by atoms with van der Waals surface area (Å²) in [6.07, 6.45) is 0. The summed E-state index contributed by atoms with van der Waals surface area (Å²) >= 11 is 9.93. The molecular weight excluding hydrogens is 570 g/mol. The number of Topliss-reactive ketones (excluding diaryl/α,β-unsaturated/α-hetero) is 1. The Morgan fingerprint density at radius 2 is 1.79 bits per heavy atom. The highest BCUT2D eigenvalue weighted by molar-refractivity contribution is 9.10. The largest absolute Gasteiger partial charge is 0.493 e. The molecule has 0 saturated carbocycles. The van der Waals surface area contributed by atoms with E-state index in [2.05, 4.69) is 21.2 Å². The van der Waals surface area contributed by atoms with Crippen LogP contribution in [-0.4, -0.2) is 25.5 Å². The number of halogens is 2. The first-order valence-corrected chi connectivity index (χ1v) is 13.3. The smallest absolute Gasteiger partial charge is 0.336 e. The molecule has 0 radical (unpaired) electrons. The number of carbonyl (C=O) groups is 2. The van der Waals surface area contributed by atoms with Crippen LogP contribution in [0, 0.1) is 0 Å². The second-order valence-corrected chi connectivity index (χ2v) is 10.2. The SMILES string of the molecule is CCOC(=O)C1=C(C)NC2=C(C(=O)c3ccccc32)[C@@H]1c1cc(Br)c(OCc2ccccc2Cl)c(OC)c1. The van der Waals surface area contributed by atoms with E-state index in [1.54, 1.807) is 32.2 Å². The van der Waals surface area contributed by atoms with Gasteiger partial charge in [-0.3, -0.25) is 4.79 Å². The fraction of sp³-hybridized carbons (Fsp3) is 0.200. The molecule has 1 aliphatic carbocycles. The van der Waals surface area contributed by atoms with Crippen molar-refractivity contribution in [3.63, 3.8) is 0 Å². The van der Waals surface area contributed by atoms with E-state index in [1.165, 1.54) is 0 Å². The molecule has 1 heterocycles. The van der Waals surface area contributed by atoms with Gasteiger partial charge in [-0.2, -0.15) is 0 Å². The summed E-state index contributed by atoms with van der Waals surface area (Å²) in [5, 5.41) is 3.91. The van der Waals surface area contributed by atoms with Crippen LogP contribution in [0.3, 0.4) is 0 Å². The van der Waals surface area contributed by atoms with Gasteiger partial charge in [0.05, 0.1) is 29.5 Å². The maximum atomic E-state index is 13.7. The van der Waals surface area contributed by atoms with Gasteiger partial charge in [0.2, 0.25) is 0 Å². The zero-order chi connectivity index (χ0) is 27.0. The maximum absolute atomic E-state index is 13.7. The number of rotatable bonds is 7. The number of ether oxygens (including phenoxy) is 3. The highest BCUT2D eigenvalue weighted by atomic mass is 79.9. The molecule has 0 unspecified atom stereocenters. The van der Waals surface area contributed by atoms with Crippen molar-refractivity contribution in [3.8, 4) is 11.5 Å². The van der Waals surface area contributed by atoms with E-state index >= 15 is 0 Å². The van der Waals surface area contributed by atoms with Crippen molar-refractivity contribution in [1.29, 1.82) is 0 Å². The van der Waals surface area contributed by atoms with Crippen molar-refractivity contribution in [2.75, 3.05) is 13.7 Å². The normalized spacial score (nSPS) is 16.1. The summed E-state index contributed by atoms with van der Waals surface area (Å²) in [5.74, 6) is -0.346. The van der Waals surface area contributed by atoms with Gasteiger partial charge in [0.25, 0.3) is 0 Å². The van der Waals surface area contributed by atoms with Gasteiger partial charge in [-0.05, 0) is 53.5 Å². The molecule has 0 bridgehead atoms. The summed E-state index contributed by atoms with van der Waals surface area (Å²) < 4.78 is 17.9. The van der Waals surface area contributed by atoms with Crippen LogP contribution in [0.25, 0.3) is 5.70 Å². The third-order valence-electron chi connectivity index (χ3n) is 6.66. The van der Waals surface area contributed by atoms with E-state index in [0.717, 1.165) is 11.1 Å². The molecule has 8 heteroatoms. The van der Waals surface area contributed by atoms with Crippen molar-refractivity contribution in [1.82, 2.24) is 5.32 Å². The molecule has 0 fully saturated rings. The Morgan fingerprint density at radius 1 is 1.08 bits per heavy atom.